The van der Waals surface area contributed by atoms with E-state index in [1.165, 1.54) is 4.31 Å². The summed E-state index contributed by atoms with van der Waals surface area (Å²) in [4.78, 5) is 33.2. The van der Waals surface area contributed by atoms with Crippen LogP contribution in [0.1, 0.15) is 44.6 Å². The van der Waals surface area contributed by atoms with Gasteiger partial charge >= 0.3 is 5.97 Å². The van der Waals surface area contributed by atoms with Crippen LogP contribution in [0.15, 0.2) is 57.9 Å². The number of carboxylic acids is 1. The predicted octanol–water partition coefficient (Wildman–Crippen LogP) is 3.35. The monoisotopic (exact) mass is 1110 g/mol. The van der Waals surface area contributed by atoms with E-state index in [1.807, 2.05) is 42.2 Å². The number of hydrogen-bond acceptors (Lipinski definition) is 19. The van der Waals surface area contributed by atoms with Gasteiger partial charge in [-0.2, -0.15) is 4.31 Å². The van der Waals surface area contributed by atoms with Crippen molar-refractivity contribution in [3.05, 3.63) is 53.6 Å². The average Bonchev–Trinajstić information content (AvgIpc) is 3.59. The van der Waals surface area contributed by atoms with Crippen LogP contribution in [0.5, 0.6) is 0 Å². The highest BCUT2D eigenvalue weighted by Gasteiger charge is 2.36. The minimum Gasteiger partial charge on any atom is -0.481 e. The number of benzene rings is 2. The largest absolute Gasteiger partial charge is 0.481 e. The number of aliphatic imine (C=N–C) groups is 1. The Balaban J connectivity index is 0.915. The molecule has 0 radical (unpaired) electrons. The van der Waals surface area contributed by atoms with E-state index in [0.29, 0.717) is 194 Å². The van der Waals surface area contributed by atoms with Gasteiger partial charge in [0.1, 0.15) is 5.84 Å². The van der Waals surface area contributed by atoms with Crippen molar-refractivity contribution in [2.45, 2.75) is 43.9 Å². The van der Waals surface area contributed by atoms with Gasteiger partial charge in [0.15, 0.2) is 0 Å². The van der Waals surface area contributed by atoms with Gasteiger partial charge in [0.2, 0.25) is 15.9 Å². The molecule has 22 nitrogen and oxygen atoms in total. The molecule has 1 fully saturated rings. The molecule has 0 spiro atoms. The van der Waals surface area contributed by atoms with Gasteiger partial charge in [0, 0.05) is 82.6 Å². The predicted molar refractivity (Wildman–Crippen MR) is 290 cm³/mol. The first-order valence-corrected chi connectivity index (χ1v) is 28.4. The zero-order valence-corrected chi connectivity index (χ0v) is 46.3. The van der Waals surface area contributed by atoms with Crippen molar-refractivity contribution >= 4 is 39.5 Å². The van der Waals surface area contributed by atoms with Gasteiger partial charge in [-0.1, -0.05) is 31.2 Å². The van der Waals surface area contributed by atoms with Crippen molar-refractivity contribution in [1.82, 2.24) is 14.1 Å². The second-order valence-corrected chi connectivity index (χ2v) is 20.2. The Morgan fingerprint density at radius 3 is 1.62 bits per heavy atom. The molecular weight excluding hydrogens is 1020 g/mol. The second-order valence-electron chi connectivity index (χ2n) is 18.3. The van der Waals surface area contributed by atoms with E-state index in [0.717, 1.165) is 37.1 Å². The van der Waals surface area contributed by atoms with E-state index in [9.17, 15) is 23.1 Å². The molecule has 4 N–H and O–H groups in total. The summed E-state index contributed by atoms with van der Waals surface area (Å²) in [6.07, 6.45) is 4.46. The molecule has 2 aliphatic rings. The molecule has 2 aromatic carbocycles. The van der Waals surface area contributed by atoms with E-state index in [4.69, 9.17) is 62.9 Å². The minimum absolute atomic E-state index is 0.0125. The van der Waals surface area contributed by atoms with Gasteiger partial charge in [-0.3, -0.25) is 9.59 Å². The Hall–Kier alpha value is -4.02. The van der Waals surface area contributed by atoms with Crippen LogP contribution in [0.3, 0.4) is 0 Å². The average molecular weight is 1110 g/mol. The summed E-state index contributed by atoms with van der Waals surface area (Å²) < 4.78 is 88.5. The lowest BCUT2D eigenvalue weighted by Gasteiger charge is -2.36. The summed E-state index contributed by atoms with van der Waals surface area (Å²) in [5.41, 5.74) is 9.81. The van der Waals surface area contributed by atoms with Gasteiger partial charge < -0.3 is 77.9 Å². The van der Waals surface area contributed by atoms with Crippen LogP contribution in [0, 0.1) is 5.92 Å². The number of amidine groups is 1. The Kier molecular flexibility index (Phi) is 34.2. The number of hydrogen-bond donors (Lipinski definition) is 3. The number of aliphatic hydroxyl groups excluding tert-OH is 1. The number of likely N-dealkylation sites (N-methyl/N-ethyl adjacent to an activating group) is 1. The lowest BCUT2D eigenvalue weighted by Crippen LogP contribution is -2.51. The molecule has 2 heterocycles. The third kappa shape index (κ3) is 27.6. The maximum absolute atomic E-state index is 13.9. The summed E-state index contributed by atoms with van der Waals surface area (Å²) in [6.45, 7) is 15.7. The molecule has 436 valence electrons. The SMILES string of the molecule is CCCN(CCCOCCCN(C)CCOCCOCCOCCOCCOCCOCCOCCOCCOCCOCCC(=O)O)C(=O)C1=Cc2ccc(-c3cccc(S(=O)(=O)N4CC(CO)C4)c3)cc2N=C(N)C1. The second kappa shape index (κ2) is 40.2. The van der Waals surface area contributed by atoms with E-state index >= 15 is 0 Å². The Morgan fingerprint density at radius 1 is 0.636 bits per heavy atom. The van der Waals surface area contributed by atoms with Crippen molar-refractivity contribution in [2.24, 2.45) is 16.6 Å². The number of carbonyl (C=O) groups excluding carboxylic acids is 1. The first kappa shape index (κ1) is 65.5. The quantitative estimate of drug-likeness (QED) is 0.0803. The topological polar surface area (TPSA) is 258 Å². The van der Waals surface area contributed by atoms with Crippen LogP contribution in [-0.2, 0) is 71.7 Å². The summed E-state index contributed by atoms with van der Waals surface area (Å²) >= 11 is 0. The number of nitrogens with zero attached hydrogens (tertiary/aromatic N) is 4. The van der Waals surface area contributed by atoms with Crippen molar-refractivity contribution in [3.8, 4) is 11.1 Å². The van der Waals surface area contributed by atoms with Crippen molar-refractivity contribution < 1.29 is 80.3 Å². The first-order chi connectivity index (χ1) is 37.5. The van der Waals surface area contributed by atoms with Crippen LogP contribution >= 0.6 is 0 Å². The van der Waals surface area contributed by atoms with Gasteiger partial charge in [0.25, 0.3) is 0 Å². The minimum atomic E-state index is -3.68. The summed E-state index contributed by atoms with van der Waals surface area (Å²) in [7, 11) is -1.62. The van der Waals surface area contributed by atoms with Crippen LogP contribution in [-0.4, -0.2) is 249 Å². The highest BCUT2D eigenvalue weighted by molar-refractivity contribution is 7.89. The lowest BCUT2D eigenvalue weighted by molar-refractivity contribution is -0.138. The number of carbonyl (C=O) groups is 2. The maximum atomic E-state index is 13.9. The van der Waals surface area contributed by atoms with Crippen LogP contribution < -0.4 is 5.73 Å². The standard InChI is InChI=1S/C54H87N5O17S/c1-3-12-58(54(63)49-38-48-10-9-47(40-51(48)56-52(55)41-49)46-7-4-8-50(39-46)77(64,65)59-42-45(43-59)44-60)14-6-17-66-16-5-13-57(2)15-19-68-21-23-70-25-27-72-29-31-74-33-35-76-37-36-75-34-32-73-30-28-71-26-24-69-22-20-67-18-11-53(61)62/h4,7-10,38-40,45,60H,3,5-6,11-37,41-44H2,1-2H3,(H2,55,56)(H,61,62). The third-order valence-electron chi connectivity index (χ3n) is 12.0. The fourth-order valence-corrected chi connectivity index (χ4v) is 9.42. The van der Waals surface area contributed by atoms with E-state index in [-0.39, 0.29) is 42.8 Å². The summed E-state index contributed by atoms with van der Waals surface area (Å²) in [5, 5.41) is 17.9. The van der Waals surface area contributed by atoms with Crippen LogP contribution in [0.2, 0.25) is 0 Å². The summed E-state index contributed by atoms with van der Waals surface area (Å²) in [6, 6.07) is 12.5. The molecule has 2 aliphatic heterocycles. The normalized spacial score (nSPS) is 14.1. The number of fused-ring (bicyclic) bond motifs is 1. The number of amides is 1. The zero-order chi connectivity index (χ0) is 55.2. The molecule has 0 atom stereocenters. The van der Waals surface area contributed by atoms with Crippen molar-refractivity contribution in [1.29, 1.82) is 0 Å². The molecule has 2 aromatic rings. The van der Waals surface area contributed by atoms with Gasteiger partial charge in [-0.05, 0) is 61.7 Å². The van der Waals surface area contributed by atoms with Crippen molar-refractivity contribution in [2.75, 3.05) is 198 Å². The summed E-state index contributed by atoms with van der Waals surface area (Å²) in [5.74, 6) is -0.666. The zero-order valence-electron chi connectivity index (χ0n) is 45.5. The molecule has 23 heteroatoms. The first-order valence-electron chi connectivity index (χ1n) is 27.0. The molecule has 0 unspecified atom stereocenters. The fourth-order valence-electron chi connectivity index (χ4n) is 7.78. The molecule has 0 aromatic heterocycles. The highest BCUT2D eigenvalue weighted by atomic mass is 32.2. The third-order valence-corrected chi connectivity index (χ3v) is 13.8. The number of aliphatic hydroxyl groups is 1. The van der Waals surface area contributed by atoms with Crippen LogP contribution in [0.25, 0.3) is 17.2 Å². The smallest absolute Gasteiger partial charge is 0.305 e. The number of aliphatic carboxylic acids is 1. The molecule has 1 amide bonds. The van der Waals surface area contributed by atoms with Crippen molar-refractivity contribution in [3.63, 3.8) is 0 Å². The number of nitrogens with two attached hydrogens (primary N) is 1. The van der Waals surface area contributed by atoms with Crippen LogP contribution in [0.4, 0.5) is 5.69 Å². The molecule has 0 saturated carbocycles. The van der Waals surface area contributed by atoms with Gasteiger partial charge in [0.05, 0.1) is 149 Å². The molecular formula is C54H87N5O17S. The van der Waals surface area contributed by atoms with E-state index < -0.39 is 16.0 Å². The Bertz CT molecular complexity index is 2110. The van der Waals surface area contributed by atoms with Gasteiger partial charge in [-0.25, -0.2) is 13.4 Å². The van der Waals surface area contributed by atoms with Gasteiger partial charge in [-0.15, -0.1) is 0 Å². The van der Waals surface area contributed by atoms with E-state index in [1.54, 1.807) is 18.2 Å². The number of sulfonamides is 1. The fraction of sp³-hybridized carbons (Fsp3) is 0.685. The molecule has 1 saturated heterocycles. The highest BCUT2D eigenvalue weighted by Crippen LogP contribution is 2.34. The Labute approximate surface area is 456 Å². The number of carboxylic acid groups (broad SMARTS) is 1. The molecule has 4 rings (SSSR count). The maximum Gasteiger partial charge on any atom is 0.305 e. The Morgan fingerprint density at radius 2 is 1.12 bits per heavy atom. The number of ether oxygens (including phenoxy) is 11. The number of rotatable bonds is 48. The van der Waals surface area contributed by atoms with E-state index in [2.05, 4.69) is 16.9 Å². The lowest BCUT2D eigenvalue weighted by atomic mass is 10.0. The molecule has 77 heavy (non-hydrogen) atoms. The molecule has 0 bridgehead atoms. The molecule has 0 aliphatic carbocycles.